The fourth-order valence-electron chi connectivity index (χ4n) is 3.49. The number of benzene rings is 1. The van der Waals surface area contributed by atoms with Gasteiger partial charge in [0, 0.05) is 30.2 Å². The molecule has 2 aromatic rings. The van der Waals surface area contributed by atoms with E-state index in [9.17, 15) is 0 Å². The maximum Gasteiger partial charge on any atom is 0.0705 e. The summed E-state index contributed by atoms with van der Waals surface area (Å²) in [4.78, 5) is 6.90. The van der Waals surface area contributed by atoms with E-state index in [1.807, 2.05) is 12.3 Å². The number of likely N-dealkylation sites (N-methyl/N-ethyl adjacent to an activating group) is 1. The molecule has 0 spiro atoms. The second kappa shape index (κ2) is 5.51. The minimum Gasteiger partial charge on any atom is -0.329 e. The molecule has 0 bridgehead atoms. The molecule has 3 heteroatoms. The van der Waals surface area contributed by atoms with E-state index in [2.05, 4.69) is 41.2 Å². The van der Waals surface area contributed by atoms with Crippen molar-refractivity contribution in [1.29, 1.82) is 0 Å². The summed E-state index contributed by atoms with van der Waals surface area (Å²) in [6.07, 6.45) is 6.97. The summed E-state index contributed by atoms with van der Waals surface area (Å²) in [6.45, 7) is 1.70. The van der Waals surface area contributed by atoms with Crippen LogP contribution < -0.4 is 5.73 Å². The molecule has 0 aliphatic heterocycles. The summed E-state index contributed by atoms with van der Waals surface area (Å²) in [5.74, 6) is 0. The van der Waals surface area contributed by atoms with E-state index in [-0.39, 0.29) is 5.54 Å². The number of fused-ring (bicyclic) bond motifs is 1. The third-order valence-corrected chi connectivity index (χ3v) is 4.87. The molecule has 1 aromatic heterocycles. The molecule has 3 rings (SSSR count). The van der Waals surface area contributed by atoms with Gasteiger partial charge < -0.3 is 5.73 Å². The van der Waals surface area contributed by atoms with Gasteiger partial charge in [-0.1, -0.05) is 31.0 Å². The maximum absolute atomic E-state index is 6.08. The van der Waals surface area contributed by atoms with E-state index < -0.39 is 0 Å². The van der Waals surface area contributed by atoms with Gasteiger partial charge in [0.1, 0.15) is 0 Å². The standard InChI is InChI=1S/C17H23N3/c1-20(17(13-18)9-4-5-10-17)12-14-8-11-19-16-7-3-2-6-15(14)16/h2-3,6-8,11H,4-5,9-10,12-13,18H2,1H3. The molecule has 2 N–H and O–H groups in total. The number of para-hydroxylation sites is 1. The Labute approximate surface area is 120 Å². The number of hydrogen-bond donors (Lipinski definition) is 1. The number of pyridine rings is 1. The summed E-state index contributed by atoms with van der Waals surface area (Å²) in [5.41, 5.74) is 8.70. The van der Waals surface area contributed by atoms with Crippen LogP contribution in [0, 0.1) is 0 Å². The third kappa shape index (κ3) is 2.32. The molecule has 0 amide bonds. The topological polar surface area (TPSA) is 42.2 Å². The molecule has 3 nitrogen and oxygen atoms in total. The van der Waals surface area contributed by atoms with Gasteiger partial charge in [0.05, 0.1) is 5.52 Å². The van der Waals surface area contributed by atoms with Gasteiger partial charge >= 0.3 is 0 Å². The van der Waals surface area contributed by atoms with Crippen LogP contribution in [0.3, 0.4) is 0 Å². The van der Waals surface area contributed by atoms with Crippen molar-refractivity contribution < 1.29 is 0 Å². The van der Waals surface area contributed by atoms with Crippen LogP contribution >= 0.6 is 0 Å². The number of hydrogen-bond acceptors (Lipinski definition) is 3. The van der Waals surface area contributed by atoms with Crippen molar-refractivity contribution in [2.75, 3.05) is 13.6 Å². The molecule has 1 aliphatic rings. The highest BCUT2D eigenvalue weighted by Crippen LogP contribution is 2.34. The van der Waals surface area contributed by atoms with Crippen LogP contribution in [-0.2, 0) is 6.54 Å². The lowest BCUT2D eigenvalue weighted by molar-refractivity contribution is 0.124. The number of nitrogens with zero attached hydrogens (tertiary/aromatic N) is 2. The second-order valence-electron chi connectivity index (χ2n) is 5.98. The molecule has 1 fully saturated rings. The average Bonchev–Trinajstić information content (AvgIpc) is 2.98. The van der Waals surface area contributed by atoms with E-state index >= 15 is 0 Å². The summed E-state index contributed by atoms with van der Waals surface area (Å²) in [7, 11) is 2.22. The Bertz CT molecular complexity index is 582. The molecule has 0 saturated heterocycles. The quantitative estimate of drug-likeness (QED) is 0.928. The van der Waals surface area contributed by atoms with Gasteiger partial charge in [0.2, 0.25) is 0 Å². The molecule has 1 heterocycles. The van der Waals surface area contributed by atoms with Gasteiger partial charge in [0.15, 0.2) is 0 Å². The molecule has 0 radical (unpaired) electrons. The lowest BCUT2D eigenvalue weighted by Gasteiger charge is -2.38. The molecular weight excluding hydrogens is 246 g/mol. The lowest BCUT2D eigenvalue weighted by Crippen LogP contribution is -2.49. The predicted molar refractivity (Wildman–Crippen MR) is 83.5 cm³/mol. The molecule has 1 saturated carbocycles. The maximum atomic E-state index is 6.08. The van der Waals surface area contributed by atoms with Crippen molar-refractivity contribution in [2.45, 2.75) is 37.8 Å². The van der Waals surface area contributed by atoms with Crippen LogP contribution in [0.15, 0.2) is 36.5 Å². The van der Waals surface area contributed by atoms with Gasteiger partial charge in [0.25, 0.3) is 0 Å². The highest BCUT2D eigenvalue weighted by molar-refractivity contribution is 5.81. The van der Waals surface area contributed by atoms with E-state index in [4.69, 9.17) is 5.73 Å². The average molecular weight is 269 g/mol. The van der Waals surface area contributed by atoms with Crippen LogP contribution in [-0.4, -0.2) is 29.0 Å². The van der Waals surface area contributed by atoms with E-state index in [0.29, 0.717) is 0 Å². The minimum atomic E-state index is 0.199. The van der Waals surface area contributed by atoms with Gasteiger partial charge in [-0.15, -0.1) is 0 Å². The smallest absolute Gasteiger partial charge is 0.0705 e. The molecular formula is C17H23N3. The van der Waals surface area contributed by atoms with Gasteiger partial charge in [-0.05, 0) is 37.6 Å². The molecule has 0 unspecified atom stereocenters. The van der Waals surface area contributed by atoms with E-state index in [1.54, 1.807) is 0 Å². The fraction of sp³-hybridized carbons (Fsp3) is 0.471. The lowest BCUT2D eigenvalue weighted by atomic mass is 9.95. The van der Waals surface area contributed by atoms with Crippen LogP contribution in [0.1, 0.15) is 31.2 Å². The van der Waals surface area contributed by atoms with Crippen LogP contribution in [0.25, 0.3) is 10.9 Å². The Balaban J connectivity index is 1.89. The van der Waals surface area contributed by atoms with Crippen molar-refractivity contribution in [1.82, 2.24) is 9.88 Å². The zero-order valence-corrected chi connectivity index (χ0v) is 12.2. The highest BCUT2D eigenvalue weighted by Gasteiger charge is 2.36. The molecule has 0 atom stereocenters. The minimum absolute atomic E-state index is 0.199. The Kier molecular flexibility index (Phi) is 3.72. The predicted octanol–water partition coefficient (Wildman–Crippen LogP) is 2.94. The number of rotatable bonds is 4. The summed E-state index contributed by atoms with van der Waals surface area (Å²) in [5, 5.41) is 1.26. The van der Waals surface area contributed by atoms with Crippen LogP contribution in [0.2, 0.25) is 0 Å². The zero-order chi connectivity index (χ0) is 14.0. The first-order valence-electron chi connectivity index (χ1n) is 7.49. The van der Waals surface area contributed by atoms with Gasteiger partial charge in [-0.2, -0.15) is 0 Å². The van der Waals surface area contributed by atoms with E-state index in [1.165, 1.54) is 36.6 Å². The van der Waals surface area contributed by atoms with Crippen molar-refractivity contribution in [3.63, 3.8) is 0 Å². The first-order chi connectivity index (χ1) is 9.75. The van der Waals surface area contributed by atoms with Crippen molar-refractivity contribution in [3.8, 4) is 0 Å². The number of aromatic nitrogens is 1. The Hall–Kier alpha value is -1.45. The Morgan fingerprint density at radius 3 is 2.70 bits per heavy atom. The van der Waals surface area contributed by atoms with Crippen molar-refractivity contribution >= 4 is 10.9 Å². The monoisotopic (exact) mass is 269 g/mol. The van der Waals surface area contributed by atoms with E-state index in [0.717, 1.165) is 18.6 Å². The van der Waals surface area contributed by atoms with Crippen molar-refractivity contribution in [3.05, 3.63) is 42.1 Å². The first-order valence-corrected chi connectivity index (χ1v) is 7.49. The first kappa shape index (κ1) is 13.5. The SMILES string of the molecule is CN(Cc1ccnc2ccccc12)C1(CN)CCCC1. The van der Waals surface area contributed by atoms with Crippen LogP contribution in [0.5, 0.6) is 0 Å². The summed E-state index contributed by atoms with van der Waals surface area (Å²) >= 11 is 0. The highest BCUT2D eigenvalue weighted by atomic mass is 15.2. The molecule has 1 aromatic carbocycles. The van der Waals surface area contributed by atoms with Gasteiger partial charge in [-0.3, -0.25) is 9.88 Å². The summed E-state index contributed by atoms with van der Waals surface area (Å²) in [6, 6.07) is 10.5. The van der Waals surface area contributed by atoms with Crippen LogP contribution in [0.4, 0.5) is 0 Å². The Morgan fingerprint density at radius 2 is 1.95 bits per heavy atom. The Morgan fingerprint density at radius 1 is 1.20 bits per heavy atom. The second-order valence-corrected chi connectivity index (χ2v) is 5.98. The summed E-state index contributed by atoms with van der Waals surface area (Å²) < 4.78 is 0. The number of nitrogens with two attached hydrogens (primary N) is 1. The third-order valence-electron chi connectivity index (χ3n) is 4.87. The van der Waals surface area contributed by atoms with Crippen molar-refractivity contribution in [2.24, 2.45) is 5.73 Å². The normalized spacial score (nSPS) is 17.9. The molecule has 20 heavy (non-hydrogen) atoms. The van der Waals surface area contributed by atoms with Gasteiger partial charge in [-0.25, -0.2) is 0 Å². The fourth-order valence-corrected chi connectivity index (χ4v) is 3.49. The largest absolute Gasteiger partial charge is 0.329 e. The zero-order valence-electron chi connectivity index (χ0n) is 12.2. The molecule has 1 aliphatic carbocycles. The molecule has 106 valence electrons.